The van der Waals surface area contributed by atoms with E-state index < -0.39 is 23.6 Å². The van der Waals surface area contributed by atoms with Gasteiger partial charge < -0.3 is 20.1 Å². The maximum atomic E-state index is 12.5. The molecule has 0 saturated heterocycles. The maximum Gasteiger partial charge on any atom is 0.573 e. The van der Waals surface area contributed by atoms with E-state index >= 15 is 0 Å². The summed E-state index contributed by atoms with van der Waals surface area (Å²) in [4.78, 5) is 24.4. The van der Waals surface area contributed by atoms with Gasteiger partial charge >= 0.3 is 12.5 Å². The number of benzene rings is 1. The summed E-state index contributed by atoms with van der Waals surface area (Å²) < 4.78 is 45.7. The monoisotopic (exact) mass is 416 g/mol. The predicted molar refractivity (Wildman–Crippen MR) is 100 cm³/mol. The fourth-order valence-electron chi connectivity index (χ4n) is 3.29. The number of rotatable bonds is 6. The minimum Gasteiger partial charge on any atom is -0.444 e. The molecule has 2 N–H and O–H groups in total. The van der Waals surface area contributed by atoms with Crippen LogP contribution in [0.5, 0.6) is 5.75 Å². The number of alkyl carbamates (subject to hydrolysis) is 1. The normalized spacial score (nSPS) is 16.2. The molecular weight excluding hydrogens is 389 g/mol. The second-order valence-electron chi connectivity index (χ2n) is 8.26. The predicted octanol–water partition coefficient (Wildman–Crippen LogP) is 4.08. The Morgan fingerprint density at radius 1 is 1.07 bits per heavy atom. The molecule has 1 aromatic rings. The average molecular weight is 416 g/mol. The Morgan fingerprint density at radius 3 is 2.17 bits per heavy atom. The molecule has 2 amide bonds. The molecule has 0 radical (unpaired) electrons. The van der Waals surface area contributed by atoms with Crippen molar-refractivity contribution in [3.05, 3.63) is 29.8 Å². The molecule has 9 heteroatoms. The van der Waals surface area contributed by atoms with Crippen LogP contribution in [-0.2, 0) is 16.0 Å². The number of carbonyl (C=O) groups excluding carboxylic acids is 2. The van der Waals surface area contributed by atoms with E-state index in [-0.39, 0.29) is 24.6 Å². The zero-order chi connectivity index (χ0) is 21.7. The molecule has 1 aliphatic carbocycles. The van der Waals surface area contributed by atoms with Crippen LogP contribution in [0.3, 0.4) is 0 Å². The van der Waals surface area contributed by atoms with Crippen molar-refractivity contribution in [2.45, 2.75) is 70.4 Å². The van der Waals surface area contributed by atoms with Gasteiger partial charge in [0.2, 0.25) is 5.91 Å². The highest BCUT2D eigenvalue weighted by molar-refractivity contribution is 5.79. The molecule has 1 aromatic carbocycles. The minimum atomic E-state index is -4.76. The van der Waals surface area contributed by atoms with Gasteiger partial charge in [0.15, 0.2) is 0 Å². The summed E-state index contributed by atoms with van der Waals surface area (Å²) in [5.74, 6) is -0.599. The molecule has 0 aromatic heterocycles. The van der Waals surface area contributed by atoms with E-state index in [4.69, 9.17) is 4.74 Å². The largest absolute Gasteiger partial charge is 0.573 e. The molecule has 1 saturated carbocycles. The Balaban J connectivity index is 1.91. The lowest BCUT2D eigenvalue weighted by Crippen LogP contribution is -2.54. The summed E-state index contributed by atoms with van der Waals surface area (Å²) in [5.41, 5.74) is -0.601. The highest BCUT2D eigenvalue weighted by atomic mass is 19.4. The molecule has 29 heavy (non-hydrogen) atoms. The van der Waals surface area contributed by atoms with Gasteiger partial charge in [0.05, 0.1) is 12.0 Å². The van der Waals surface area contributed by atoms with Crippen LogP contribution in [0.25, 0.3) is 0 Å². The first-order valence-electron chi connectivity index (χ1n) is 9.48. The van der Waals surface area contributed by atoms with E-state index in [1.54, 1.807) is 20.8 Å². The Kier molecular flexibility index (Phi) is 7.02. The molecule has 0 heterocycles. The molecule has 162 valence electrons. The van der Waals surface area contributed by atoms with E-state index in [0.29, 0.717) is 5.56 Å². The number of hydrogen-bond donors (Lipinski definition) is 2. The molecule has 1 aliphatic rings. The summed E-state index contributed by atoms with van der Waals surface area (Å²) in [7, 11) is 0. The molecule has 0 aliphatic heterocycles. The van der Waals surface area contributed by atoms with Crippen LogP contribution in [0.2, 0.25) is 0 Å². The van der Waals surface area contributed by atoms with Gasteiger partial charge in [-0.15, -0.1) is 13.2 Å². The summed E-state index contributed by atoms with van der Waals surface area (Å²) in [6.45, 7) is 5.56. The molecular formula is C20H27F3N2O4. The van der Waals surface area contributed by atoms with Crippen LogP contribution in [-0.4, -0.2) is 36.0 Å². The van der Waals surface area contributed by atoms with Crippen LogP contribution < -0.4 is 15.4 Å². The van der Waals surface area contributed by atoms with Crippen LogP contribution in [0.15, 0.2) is 24.3 Å². The number of halogens is 3. The van der Waals surface area contributed by atoms with Crippen LogP contribution in [0.1, 0.15) is 52.0 Å². The van der Waals surface area contributed by atoms with Crippen molar-refractivity contribution in [3.8, 4) is 5.75 Å². The van der Waals surface area contributed by atoms with Gasteiger partial charge in [0, 0.05) is 6.54 Å². The lowest BCUT2D eigenvalue weighted by Gasteiger charge is -2.31. The number of amides is 2. The van der Waals surface area contributed by atoms with Gasteiger partial charge in [0.1, 0.15) is 11.4 Å². The number of ether oxygens (including phenoxy) is 2. The topological polar surface area (TPSA) is 76.7 Å². The molecule has 0 unspecified atom stereocenters. The second kappa shape index (κ2) is 8.92. The third-order valence-electron chi connectivity index (χ3n) is 4.46. The summed E-state index contributed by atoms with van der Waals surface area (Å²) in [6.07, 6.45) is -1.97. The number of carbonyl (C=O) groups is 2. The van der Waals surface area contributed by atoms with Crippen LogP contribution >= 0.6 is 0 Å². The summed E-state index contributed by atoms with van der Waals surface area (Å²) >= 11 is 0. The standard InChI is InChI=1S/C20H27F3N2O4/c1-18(2,3)29-17(27)24-13-19(10-4-5-11-19)25-16(26)12-14-6-8-15(9-7-14)28-20(21,22)23/h6-9H,4-5,10-13H2,1-3H3,(H,24,27)(H,25,26). The van der Waals surface area contributed by atoms with Crippen molar-refractivity contribution in [2.24, 2.45) is 0 Å². The van der Waals surface area contributed by atoms with E-state index in [2.05, 4.69) is 15.4 Å². The number of alkyl halides is 3. The minimum absolute atomic E-state index is 0.0144. The molecule has 1 fully saturated rings. The SMILES string of the molecule is CC(C)(C)OC(=O)NCC1(NC(=O)Cc2ccc(OC(F)(F)F)cc2)CCCC1. The van der Waals surface area contributed by atoms with Crippen molar-refractivity contribution < 1.29 is 32.2 Å². The van der Waals surface area contributed by atoms with Gasteiger partial charge in [-0.2, -0.15) is 0 Å². The zero-order valence-electron chi connectivity index (χ0n) is 16.8. The first-order chi connectivity index (χ1) is 13.4. The smallest absolute Gasteiger partial charge is 0.444 e. The van der Waals surface area contributed by atoms with Crippen molar-refractivity contribution >= 4 is 12.0 Å². The highest BCUT2D eigenvalue weighted by Gasteiger charge is 2.36. The zero-order valence-corrected chi connectivity index (χ0v) is 16.8. The second-order valence-corrected chi connectivity index (χ2v) is 8.26. The Morgan fingerprint density at radius 2 is 1.66 bits per heavy atom. The van der Waals surface area contributed by atoms with Crippen molar-refractivity contribution in [1.82, 2.24) is 10.6 Å². The fraction of sp³-hybridized carbons (Fsp3) is 0.600. The Hall–Kier alpha value is -2.45. The maximum absolute atomic E-state index is 12.5. The highest BCUT2D eigenvalue weighted by Crippen LogP contribution is 2.29. The Bertz CT molecular complexity index is 706. The lowest BCUT2D eigenvalue weighted by atomic mass is 9.96. The third kappa shape index (κ3) is 8.21. The summed E-state index contributed by atoms with van der Waals surface area (Å²) in [5, 5.41) is 5.71. The summed E-state index contributed by atoms with van der Waals surface area (Å²) in [6, 6.07) is 5.18. The third-order valence-corrected chi connectivity index (χ3v) is 4.46. The Labute approximate surface area is 168 Å². The fourth-order valence-corrected chi connectivity index (χ4v) is 3.29. The van der Waals surface area contributed by atoms with Crippen LogP contribution in [0, 0.1) is 0 Å². The average Bonchev–Trinajstić information content (AvgIpc) is 3.00. The first-order valence-corrected chi connectivity index (χ1v) is 9.48. The molecule has 0 bridgehead atoms. The molecule has 0 spiro atoms. The van der Waals surface area contributed by atoms with Gasteiger partial charge in [-0.25, -0.2) is 4.79 Å². The van der Waals surface area contributed by atoms with E-state index in [9.17, 15) is 22.8 Å². The molecule has 0 atom stereocenters. The van der Waals surface area contributed by atoms with E-state index in [0.717, 1.165) is 25.7 Å². The number of nitrogens with one attached hydrogen (secondary N) is 2. The van der Waals surface area contributed by atoms with Gasteiger partial charge in [-0.05, 0) is 51.3 Å². The van der Waals surface area contributed by atoms with E-state index in [1.165, 1.54) is 24.3 Å². The van der Waals surface area contributed by atoms with Crippen molar-refractivity contribution in [3.63, 3.8) is 0 Å². The van der Waals surface area contributed by atoms with Crippen LogP contribution in [0.4, 0.5) is 18.0 Å². The van der Waals surface area contributed by atoms with Crippen molar-refractivity contribution in [2.75, 3.05) is 6.54 Å². The van der Waals surface area contributed by atoms with Gasteiger partial charge in [-0.3, -0.25) is 4.79 Å². The molecule has 2 rings (SSSR count). The lowest BCUT2D eigenvalue weighted by molar-refractivity contribution is -0.274. The first kappa shape index (κ1) is 22.8. The molecule has 6 nitrogen and oxygen atoms in total. The quantitative estimate of drug-likeness (QED) is 0.733. The number of hydrogen-bond acceptors (Lipinski definition) is 4. The van der Waals surface area contributed by atoms with E-state index in [1.807, 2.05) is 0 Å². The van der Waals surface area contributed by atoms with Gasteiger partial charge in [-0.1, -0.05) is 25.0 Å². The van der Waals surface area contributed by atoms with Crippen molar-refractivity contribution in [1.29, 1.82) is 0 Å². The van der Waals surface area contributed by atoms with Gasteiger partial charge in [0.25, 0.3) is 0 Å².